The zero-order valence-corrected chi connectivity index (χ0v) is 15.0. The third kappa shape index (κ3) is 4.49. The van der Waals surface area contributed by atoms with E-state index in [9.17, 15) is 9.59 Å². The zero-order chi connectivity index (χ0) is 19.2. The second kappa shape index (κ2) is 8.14. The highest BCUT2D eigenvalue weighted by Gasteiger charge is 2.14. The Hall–Kier alpha value is -3.67. The monoisotopic (exact) mass is 361 g/mol. The smallest absolute Gasteiger partial charge is 0.274 e. The standard InChI is InChI=1S/C21H19N3O3/c1-14-6-5-7-16(12-14)23-20(25)15-10-11-22-18(13-15)21(26)24-17-8-3-4-9-19(17)27-2/h3-13H,1-2H3,(H,23,25)(H,24,26). The van der Waals surface area contributed by atoms with E-state index in [0.717, 1.165) is 5.56 Å². The number of ether oxygens (including phenoxy) is 1. The average molecular weight is 361 g/mol. The van der Waals surface area contributed by atoms with E-state index in [1.165, 1.54) is 19.4 Å². The van der Waals surface area contributed by atoms with Gasteiger partial charge in [0.25, 0.3) is 11.8 Å². The Morgan fingerprint density at radius 2 is 1.74 bits per heavy atom. The molecule has 2 aromatic carbocycles. The maximum absolute atomic E-state index is 12.5. The summed E-state index contributed by atoms with van der Waals surface area (Å²) in [6.07, 6.45) is 1.43. The first-order valence-corrected chi connectivity index (χ1v) is 8.35. The maximum Gasteiger partial charge on any atom is 0.274 e. The molecule has 3 aromatic rings. The molecule has 0 radical (unpaired) electrons. The van der Waals surface area contributed by atoms with E-state index < -0.39 is 5.91 Å². The number of rotatable bonds is 5. The molecule has 1 heterocycles. The summed E-state index contributed by atoms with van der Waals surface area (Å²) in [4.78, 5) is 29.0. The van der Waals surface area contributed by atoms with Crippen LogP contribution in [0.3, 0.4) is 0 Å². The lowest BCUT2D eigenvalue weighted by atomic mass is 10.2. The molecule has 2 N–H and O–H groups in total. The molecule has 6 nitrogen and oxygen atoms in total. The highest BCUT2D eigenvalue weighted by atomic mass is 16.5. The van der Waals surface area contributed by atoms with Crippen LogP contribution in [0.2, 0.25) is 0 Å². The lowest BCUT2D eigenvalue weighted by Gasteiger charge is -2.10. The largest absolute Gasteiger partial charge is 0.495 e. The Kier molecular flexibility index (Phi) is 5.47. The number of aryl methyl sites for hydroxylation is 1. The first-order chi connectivity index (χ1) is 13.1. The summed E-state index contributed by atoms with van der Waals surface area (Å²) in [5.74, 6) is -0.196. The molecule has 27 heavy (non-hydrogen) atoms. The van der Waals surface area contributed by atoms with Gasteiger partial charge >= 0.3 is 0 Å². The number of nitrogens with one attached hydrogen (secondary N) is 2. The van der Waals surface area contributed by atoms with Crippen molar-refractivity contribution >= 4 is 23.2 Å². The van der Waals surface area contributed by atoms with Crippen molar-refractivity contribution in [1.82, 2.24) is 4.98 Å². The van der Waals surface area contributed by atoms with Gasteiger partial charge in [0.2, 0.25) is 0 Å². The molecule has 0 fully saturated rings. The van der Waals surface area contributed by atoms with E-state index in [1.54, 1.807) is 30.3 Å². The van der Waals surface area contributed by atoms with Crippen LogP contribution in [0.4, 0.5) is 11.4 Å². The van der Waals surface area contributed by atoms with Crippen LogP contribution in [0.5, 0.6) is 5.75 Å². The van der Waals surface area contributed by atoms with Gasteiger partial charge in [0.15, 0.2) is 0 Å². The van der Waals surface area contributed by atoms with E-state index in [1.807, 2.05) is 31.2 Å². The molecular formula is C21H19N3O3. The fourth-order valence-corrected chi connectivity index (χ4v) is 2.56. The van der Waals surface area contributed by atoms with Crippen LogP contribution < -0.4 is 15.4 Å². The van der Waals surface area contributed by atoms with Gasteiger partial charge in [0.05, 0.1) is 12.8 Å². The Labute approximate surface area is 157 Å². The predicted molar refractivity (Wildman–Crippen MR) is 104 cm³/mol. The van der Waals surface area contributed by atoms with Crippen LogP contribution in [0.1, 0.15) is 26.4 Å². The zero-order valence-electron chi connectivity index (χ0n) is 15.0. The first-order valence-electron chi connectivity index (χ1n) is 8.35. The summed E-state index contributed by atoms with van der Waals surface area (Å²) < 4.78 is 5.22. The summed E-state index contributed by atoms with van der Waals surface area (Å²) in [6, 6.07) is 17.6. The van der Waals surface area contributed by atoms with Crippen LogP contribution in [0, 0.1) is 6.92 Å². The summed E-state index contributed by atoms with van der Waals surface area (Å²) in [7, 11) is 1.53. The van der Waals surface area contributed by atoms with Gasteiger partial charge in [-0.1, -0.05) is 24.3 Å². The highest BCUT2D eigenvalue weighted by molar-refractivity contribution is 6.08. The van der Waals surface area contributed by atoms with E-state index in [2.05, 4.69) is 15.6 Å². The SMILES string of the molecule is COc1ccccc1NC(=O)c1cc(C(=O)Nc2cccc(C)c2)ccn1. The predicted octanol–water partition coefficient (Wildman–Crippen LogP) is 3.90. The molecular weight excluding hydrogens is 342 g/mol. The van der Waals surface area contributed by atoms with E-state index in [0.29, 0.717) is 22.7 Å². The normalized spacial score (nSPS) is 10.1. The summed E-state index contributed by atoms with van der Waals surface area (Å²) in [6.45, 7) is 1.95. The van der Waals surface area contributed by atoms with Gasteiger partial charge in [-0.2, -0.15) is 0 Å². The van der Waals surface area contributed by atoms with Gasteiger partial charge in [-0.25, -0.2) is 0 Å². The third-order valence-corrected chi connectivity index (χ3v) is 3.89. The van der Waals surface area contributed by atoms with E-state index in [-0.39, 0.29) is 11.6 Å². The molecule has 0 saturated carbocycles. The molecule has 0 atom stereocenters. The molecule has 0 aliphatic carbocycles. The molecule has 0 saturated heterocycles. The first kappa shape index (κ1) is 18.1. The number of carbonyl (C=O) groups is 2. The molecule has 0 bridgehead atoms. The summed E-state index contributed by atoms with van der Waals surface area (Å²) >= 11 is 0. The Balaban J connectivity index is 1.76. The van der Waals surface area contributed by atoms with Gasteiger partial charge < -0.3 is 15.4 Å². The van der Waals surface area contributed by atoms with Crippen LogP contribution >= 0.6 is 0 Å². The minimum atomic E-state index is -0.426. The fraction of sp³-hybridized carbons (Fsp3) is 0.0952. The van der Waals surface area contributed by atoms with Gasteiger partial charge in [-0.05, 0) is 48.9 Å². The minimum Gasteiger partial charge on any atom is -0.495 e. The van der Waals surface area contributed by atoms with Crippen LogP contribution in [-0.4, -0.2) is 23.9 Å². The van der Waals surface area contributed by atoms with Gasteiger partial charge in [-0.3, -0.25) is 14.6 Å². The topological polar surface area (TPSA) is 80.3 Å². The minimum absolute atomic E-state index is 0.137. The van der Waals surface area contributed by atoms with Crippen molar-refractivity contribution in [2.75, 3.05) is 17.7 Å². The number of anilines is 2. The van der Waals surface area contributed by atoms with Crippen molar-refractivity contribution in [2.24, 2.45) is 0 Å². The molecule has 0 aliphatic heterocycles. The number of amides is 2. The Bertz CT molecular complexity index is 986. The molecule has 3 rings (SSSR count). The molecule has 0 spiro atoms. The Morgan fingerprint density at radius 1 is 0.926 bits per heavy atom. The number of para-hydroxylation sites is 2. The van der Waals surface area contributed by atoms with Crippen molar-refractivity contribution in [3.63, 3.8) is 0 Å². The van der Waals surface area contributed by atoms with Crippen molar-refractivity contribution in [1.29, 1.82) is 0 Å². The second-order valence-corrected chi connectivity index (χ2v) is 5.91. The number of carbonyl (C=O) groups excluding carboxylic acids is 2. The summed E-state index contributed by atoms with van der Waals surface area (Å²) in [5, 5.41) is 5.56. The fourth-order valence-electron chi connectivity index (χ4n) is 2.56. The van der Waals surface area contributed by atoms with Crippen LogP contribution in [0.25, 0.3) is 0 Å². The van der Waals surface area contributed by atoms with Crippen molar-refractivity contribution in [2.45, 2.75) is 6.92 Å². The number of pyridine rings is 1. The molecule has 2 amide bonds. The van der Waals surface area contributed by atoms with Gasteiger partial charge in [0.1, 0.15) is 11.4 Å². The Morgan fingerprint density at radius 3 is 2.52 bits per heavy atom. The molecule has 136 valence electrons. The van der Waals surface area contributed by atoms with Gasteiger partial charge in [0, 0.05) is 17.4 Å². The number of hydrogen-bond acceptors (Lipinski definition) is 4. The number of nitrogens with zero attached hydrogens (tertiary/aromatic N) is 1. The van der Waals surface area contributed by atoms with Crippen molar-refractivity contribution < 1.29 is 14.3 Å². The lowest BCUT2D eigenvalue weighted by Crippen LogP contribution is -2.17. The van der Waals surface area contributed by atoms with Crippen molar-refractivity contribution in [3.8, 4) is 5.75 Å². The molecule has 1 aromatic heterocycles. The highest BCUT2D eigenvalue weighted by Crippen LogP contribution is 2.23. The second-order valence-electron chi connectivity index (χ2n) is 5.91. The lowest BCUT2D eigenvalue weighted by molar-refractivity contribution is 0.102. The molecule has 6 heteroatoms. The maximum atomic E-state index is 12.5. The van der Waals surface area contributed by atoms with Crippen molar-refractivity contribution in [3.05, 3.63) is 83.7 Å². The average Bonchev–Trinajstić information content (AvgIpc) is 2.68. The number of hydrogen-bond donors (Lipinski definition) is 2. The number of aromatic nitrogens is 1. The van der Waals surface area contributed by atoms with Crippen LogP contribution in [0.15, 0.2) is 66.9 Å². The number of methoxy groups -OCH3 is 1. The quantitative estimate of drug-likeness (QED) is 0.722. The third-order valence-electron chi connectivity index (χ3n) is 3.89. The number of benzene rings is 2. The van der Waals surface area contributed by atoms with Crippen LogP contribution in [-0.2, 0) is 0 Å². The summed E-state index contributed by atoms with van der Waals surface area (Å²) in [5.41, 5.74) is 2.74. The molecule has 0 aliphatic rings. The molecule has 0 unspecified atom stereocenters. The van der Waals surface area contributed by atoms with Gasteiger partial charge in [-0.15, -0.1) is 0 Å². The van der Waals surface area contributed by atoms with E-state index >= 15 is 0 Å². The van der Waals surface area contributed by atoms with E-state index in [4.69, 9.17) is 4.74 Å².